The largest absolute Gasteiger partial charge is 0.497 e. The number of alkyl halides is 2. The van der Waals surface area contributed by atoms with Crippen LogP contribution in [0.4, 0.5) is 0 Å². The van der Waals surface area contributed by atoms with Crippen LogP contribution in [0.3, 0.4) is 0 Å². The summed E-state index contributed by atoms with van der Waals surface area (Å²) in [4.78, 5) is 13.9. The minimum absolute atomic E-state index is 0.0502. The van der Waals surface area contributed by atoms with Crippen molar-refractivity contribution in [2.24, 2.45) is 5.41 Å². The van der Waals surface area contributed by atoms with Crippen molar-refractivity contribution >= 4 is 29.1 Å². The Bertz CT molecular complexity index is 518. The third kappa shape index (κ3) is 3.38. The smallest absolute Gasteiger partial charge is 0.231 e. The lowest BCUT2D eigenvalue weighted by atomic mass is 10.1. The third-order valence-electron chi connectivity index (χ3n) is 3.83. The minimum atomic E-state index is -0.935. The summed E-state index contributed by atoms with van der Waals surface area (Å²) >= 11 is 12.0. The molecule has 1 aliphatic rings. The molecule has 0 bridgehead atoms. The molecule has 0 aliphatic heterocycles. The topological polar surface area (TPSA) is 38.8 Å². The maximum absolute atomic E-state index is 12.3. The van der Waals surface area contributed by atoms with Gasteiger partial charge in [-0.05, 0) is 37.6 Å². The molecule has 0 aromatic heterocycles. The highest BCUT2D eigenvalue weighted by Crippen LogP contribution is 2.64. The highest BCUT2D eigenvalue weighted by Gasteiger charge is 2.68. The second-order valence-electron chi connectivity index (χ2n) is 5.46. The Labute approximate surface area is 134 Å². The van der Waals surface area contributed by atoms with Gasteiger partial charge < -0.3 is 14.4 Å². The Morgan fingerprint density at radius 3 is 2.29 bits per heavy atom. The van der Waals surface area contributed by atoms with Crippen molar-refractivity contribution in [2.45, 2.75) is 17.7 Å². The van der Waals surface area contributed by atoms with Crippen molar-refractivity contribution in [3.8, 4) is 11.5 Å². The number of rotatable bonds is 6. The van der Waals surface area contributed by atoms with Crippen LogP contribution >= 0.6 is 23.2 Å². The predicted molar refractivity (Wildman–Crippen MR) is 83.3 cm³/mol. The number of hydrogen-bond acceptors (Lipinski definition) is 3. The summed E-state index contributed by atoms with van der Waals surface area (Å²) < 4.78 is 9.73. The van der Waals surface area contributed by atoms with E-state index >= 15 is 0 Å². The van der Waals surface area contributed by atoms with Gasteiger partial charge in [0, 0.05) is 7.05 Å². The molecule has 1 amide bonds. The molecule has 0 radical (unpaired) electrons. The maximum Gasteiger partial charge on any atom is 0.231 e. The first-order chi connectivity index (χ1) is 9.80. The van der Waals surface area contributed by atoms with E-state index in [-0.39, 0.29) is 5.91 Å². The fourth-order valence-corrected chi connectivity index (χ4v) is 2.82. The molecule has 0 saturated heterocycles. The number of benzene rings is 1. The zero-order valence-corrected chi connectivity index (χ0v) is 13.9. The van der Waals surface area contributed by atoms with Gasteiger partial charge in [0.15, 0.2) is 0 Å². The molecule has 6 heteroatoms. The lowest BCUT2D eigenvalue weighted by Gasteiger charge is -2.22. The normalized spacial score (nSPS) is 22.5. The Hall–Kier alpha value is -1.13. The molecule has 116 valence electrons. The van der Waals surface area contributed by atoms with E-state index < -0.39 is 9.75 Å². The molecule has 1 aliphatic carbocycles. The number of halogens is 2. The summed E-state index contributed by atoms with van der Waals surface area (Å²) in [6.07, 6.45) is 0.492. The zero-order chi connectivity index (χ0) is 15.7. The van der Waals surface area contributed by atoms with Crippen LogP contribution in [0.2, 0.25) is 0 Å². The van der Waals surface area contributed by atoms with Crippen molar-refractivity contribution in [1.82, 2.24) is 4.90 Å². The first kappa shape index (κ1) is 16.2. The molecule has 0 heterocycles. The molecule has 21 heavy (non-hydrogen) atoms. The van der Waals surface area contributed by atoms with Crippen molar-refractivity contribution in [1.29, 1.82) is 0 Å². The number of likely N-dealkylation sites (N-methyl/N-ethyl adjacent to an activating group) is 1. The van der Waals surface area contributed by atoms with Crippen molar-refractivity contribution in [2.75, 3.05) is 27.3 Å². The van der Waals surface area contributed by atoms with Crippen LogP contribution in [-0.2, 0) is 4.79 Å². The zero-order valence-electron chi connectivity index (χ0n) is 12.4. The molecule has 1 aromatic rings. The molecule has 1 unspecified atom stereocenters. The Morgan fingerprint density at radius 1 is 1.29 bits per heavy atom. The van der Waals surface area contributed by atoms with Crippen LogP contribution < -0.4 is 9.47 Å². The molecule has 1 aromatic carbocycles. The Kier molecular flexibility index (Phi) is 4.59. The second-order valence-corrected chi connectivity index (χ2v) is 6.95. The summed E-state index contributed by atoms with van der Waals surface area (Å²) in [5.41, 5.74) is -0.676. The fourth-order valence-electron chi connectivity index (χ4n) is 2.13. The van der Waals surface area contributed by atoms with E-state index in [0.717, 1.165) is 11.5 Å². The fraction of sp³-hybridized carbons (Fsp3) is 0.533. The van der Waals surface area contributed by atoms with Gasteiger partial charge in [-0.25, -0.2) is 0 Å². The molecule has 1 fully saturated rings. The summed E-state index contributed by atoms with van der Waals surface area (Å²) in [6, 6.07) is 7.30. The molecule has 1 saturated carbocycles. The van der Waals surface area contributed by atoms with Gasteiger partial charge in [0.2, 0.25) is 5.91 Å². The van der Waals surface area contributed by atoms with Crippen LogP contribution in [0.15, 0.2) is 24.3 Å². The van der Waals surface area contributed by atoms with E-state index in [2.05, 4.69) is 0 Å². The van der Waals surface area contributed by atoms with Crippen LogP contribution in [-0.4, -0.2) is 42.4 Å². The number of carbonyl (C=O) groups is 1. The molecule has 4 nitrogen and oxygen atoms in total. The van der Waals surface area contributed by atoms with Crippen LogP contribution in [0.5, 0.6) is 11.5 Å². The highest BCUT2D eigenvalue weighted by molar-refractivity contribution is 6.53. The lowest BCUT2D eigenvalue weighted by Crippen LogP contribution is -2.37. The van der Waals surface area contributed by atoms with E-state index in [1.165, 1.54) is 0 Å². The maximum atomic E-state index is 12.3. The van der Waals surface area contributed by atoms with Gasteiger partial charge in [-0.1, -0.05) is 0 Å². The predicted octanol–water partition coefficient (Wildman–Crippen LogP) is 3.12. The number of carbonyl (C=O) groups excluding carboxylic acids is 1. The minimum Gasteiger partial charge on any atom is -0.497 e. The van der Waals surface area contributed by atoms with Crippen molar-refractivity contribution in [3.05, 3.63) is 24.3 Å². The highest BCUT2D eigenvalue weighted by atomic mass is 35.5. The molecule has 0 spiro atoms. The van der Waals surface area contributed by atoms with E-state index in [0.29, 0.717) is 19.6 Å². The van der Waals surface area contributed by atoms with Crippen molar-refractivity contribution < 1.29 is 14.3 Å². The standard InChI is InChI=1S/C15H19Cl2NO3/c1-14(10-15(14,16)17)13(19)18(2)8-9-21-12-6-4-11(20-3)5-7-12/h4-7H,8-10H2,1-3H3. The molecular weight excluding hydrogens is 313 g/mol. The molecule has 0 N–H and O–H groups in total. The number of nitrogens with zero attached hydrogens (tertiary/aromatic N) is 1. The quantitative estimate of drug-likeness (QED) is 0.752. The summed E-state index contributed by atoms with van der Waals surface area (Å²) in [6.45, 7) is 2.67. The number of amides is 1. The van der Waals surface area contributed by atoms with Gasteiger partial charge in [-0.2, -0.15) is 0 Å². The average Bonchev–Trinajstić information content (AvgIpc) is 2.98. The van der Waals surface area contributed by atoms with Gasteiger partial charge in [0.05, 0.1) is 19.1 Å². The lowest BCUT2D eigenvalue weighted by molar-refractivity contribution is -0.135. The summed E-state index contributed by atoms with van der Waals surface area (Å²) in [5, 5.41) is 0. The van der Waals surface area contributed by atoms with E-state index in [9.17, 15) is 4.79 Å². The van der Waals surface area contributed by atoms with E-state index in [1.807, 2.05) is 24.3 Å². The van der Waals surface area contributed by atoms with Gasteiger partial charge in [0.1, 0.15) is 22.4 Å². The Balaban J connectivity index is 1.79. The molecular formula is C15H19Cl2NO3. The summed E-state index contributed by atoms with van der Waals surface area (Å²) in [5.74, 6) is 1.46. The van der Waals surface area contributed by atoms with Gasteiger partial charge in [-0.3, -0.25) is 4.79 Å². The summed E-state index contributed by atoms with van der Waals surface area (Å²) in [7, 11) is 3.34. The second kappa shape index (κ2) is 5.93. The number of hydrogen-bond donors (Lipinski definition) is 0. The van der Waals surface area contributed by atoms with Gasteiger partial charge in [0.25, 0.3) is 0 Å². The van der Waals surface area contributed by atoms with Crippen LogP contribution in [0.1, 0.15) is 13.3 Å². The number of ether oxygens (including phenoxy) is 2. The van der Waals surface area contributed by atoms with E-state index in [4.69, 9.17) is 32.7 Å². The first-order valence-corrected chi connectivity index (χ1v) is 7.46. The first-order valence-electron chi connectivity index (χ1n) is 6.70. The van der Waals surface area contributed by atoms with Gasteiger partial charge in [-0.15, -0.1) is 23.2 Å². The van der Waals surface area contributed by atoms with Crippen LogP contribution in [0, 0.1) is 5.41 Å². The SMILES string of the molecule is COc1ccc(OCCN(C)C(=O)C2(C)CC2(Cl)Cl)cc1. The third-order valence-corrected chi connectivity index (χ3v) is 4.93. The number of methoxy groups -OCH3 is 1. The van der Waals surface area contributed by atoms with Crippen molar-refractivity contribution in [3.63, 3.8) is 0 Å². The molecule has 2 rings (SSSR count). The monoisotopic (exact) mass is 331 g/mol. The van der Waals surface area contributed by atoms with Gasteiger partial charge >= 0.3 is 0 Å². The Morgan fingerprint density at radius 2 is 1.81 bits per heavy atom. The van der Waals surface area contributed by atoms with Crippen LogP contribution in [0.25, 0.3) is 0 Å². The van der Waals surface area contributed by atoms with E-state index in [1.54, 1.807) is 26.0 Å². The molecule has 1 atom stereocenters. The average molecular weight is 332 g/mol.